The monoisotopic (exact) mass is 260 g/mol. The molecule has 1 amide bonds. The van der Waals surface area contributed by atoms with E-state index in [1.165, 1.54) is 7.11 Å². The molecule has 1 rings (SSSR count). The number of benzene rings is 1. The van der Waals surface area contributed by atoms with E-state index in [0.717, 1.165) is 11.1 Å². The van der Waals surface area contributed by atoms with Crippen LogP contribution in [0.25, 0.3) is 0 Å². The molecule has 5 nitrogen and oxygen atoms in total. The molecule has 0 aliphatic carbocycles. The molecular formula is C14H16N2O3. The number of rotatable bonds is 5. The summed E-state index contributed by atoms with van der Waals surface area (Å²) in [7, 11) is 1.27. The predicted molar refractivity (Wildman–Crippen MR) is 68.9 cm³/mol. The maximum Gasteiger partial charge on any atom is 0.306 e. The topological polar surface area (TPSA) is 79.2 Å². The summed E-state index contributed by atoms with van der Waals surface area (Å²) in [6.07, 6.45) is 0.0189. The van der Waals surface area contributed by atoms with Gasteiger partial charge >= 0.3 is 5.97 Å². The van der Waals surface area contributed by atoms with E-state index in [4.69, 9.17) is 5.26 Å². The Bertz CT molecular complexity index is 488. The zero-order valence-electron chi connectivity index (χ0n) is 11.0. The van der Waals surface area contributed by atoms with Gasteiger partial charge in [-0.2, -0.15) is 5.26 Å². The highest BCUT2D eigenvalue weighted by Crippen LogP contribution is 2.13. The number of esters is 1. The van der Waals surface area contributed by atoms with Gasteiger partial charge in [-0.05, 0) is 12.5 Å². The quantitative estimate of drug-likeness (QED) is 0.816. The van der Waals surface area contributed by atoms with Gasteiger partial charge in [0.2, 0.25) is 5.91 Å². The summed E-state index contributed by atoms with van der Waals surface area (Å²) in [4.78, 5) is 22.5. The third kappa shape index (κ3) is 4.80. The molecule has 0 radical (unpaired) electrons. The van der Waals surface area contributed by atoms with E-state index in [1.807, 2.05) is 25.1 Å². The lowest BCUT2D eigenvalue weighted by Gasteiger charge is -2.12. The number of ether oxygens (including phenoxy) is 1. The minimum atomic E-state index is -0.703. The lowest BCUT2D eigenvalue weighted by Crippen LogP contribution is -2.28. The minimum absolute atomic E-state index is 0.00831. The molecule has 0 aliphatic rings. The van der Waals surface area contributed by atoms with Gasteiger partial charge in [-0.1, -0.05) is 29.8 Å². The van der Waals surface area contributed by atoms with Gasteiger partial charge in [0, 0.05) is 6.42 Å². The number of hydrogen-bond acceptors (Lipinski definition) is 4. The molecular weight excluding hydrogens is 244 g/mol. The lowest BCUT2D eigenvalue weighted by molar-refractivity contribution is -0.142. The maximum absolute atomic E-state index is 11.6. The Morgan fingerprint density at radius 3 is 2.47 bits per heavy atom. The number of amides is 1. The lowest BCUT2D eigenvalue weighted by atomic mass is 10.1. The summed E-state index contributed by atoms with van der Waals surface area (Å²) in [5, 5.41) is 11.6. The molecule has 0 saturated heterocycles. The van der Waals surface area contributed by atoms with Crippen LogP contribution in [0.1, 0.15) is 30.0 Å². The molecule has 1 atom stereocenters. The van der Waals surface area contributed by atoms with E-state index in [1.54, 1.807) is 12.1 Å². The third-order valence-corrected chi connectivity index (χ3v) is 2.63. The first-order chi connectivity index (χ1) is 9.06. The van der Waals surface area contributed by atoms with Crippen molar-refractivity contribution < 1.29 is 14.3 Å². The second-order valence-electron chi connectivity index (χ2n) is 4.12. The van der Waals surface area contributed by atoms with E-state index >= 15 is 0 Å². The van der Waals surface area contributed by atoms with Crippen LogP contribution in [-0.2, 0) is 14.3 Å². The van der Waals surface area contributed by atoms with Crippen LogP contribution in [0.15, 0.2) is 24.3 Å². The molecule has 19 heavy (non-hydrogen) atoms. The highest BCUT2D eigenvalue weighted by molar-refractivity contribution is 5.81. The zero-order valence-corrected chi connectivity index (χ0v) is 11.0. The number of methoxy groups -OCH3 is 1. The van der Waals surface area contributed by atoms with Gasteiger partial charge in [0.05, 0.1) is 19.6 Å². The molecule has 0 aliphatic heterocycles. The molecule has 0 aromatic heterocycles. The number of aryl methyl sites for hydroxylation is 1. The average Bonchev–Trinajstić information content (AvgIpc) is 2.43. The van der Waals surface area contributed by atoms with E-state index in [0.29, 0.717) is 0 Å². The van der Waals surface area contributed by atoms with Crippen molar-refractivity contribution in [3.63, 3.8) is 0 Å². The van der Waals surface area contributed by atoms with Gasteiger partial charge < -0.3 is 10.1 Å². The molecule has 5 heteroatoms. The second kappa shape index (κ2) is 7.17. The first-order valence-electron chi connectivity index (χ1n) is 5.89. The van der Waals surface area contributed by atoms with Crippen molar-refractivity contribution in [3.8, 4) is 6.07 Å². The van der Waals surface area contributed by atoms with Crippen molar-refractivity contribution in [1.29, 1.82) is 5.26 Å². The minimum Gasteiger partial charge on any atom is -0.469 e. The molecule has 0 spiro atoms. The number of nitriles is 1. The maximum atomic E-state index is 11.6. The highest BCUT2D eigenvalue weighted by atomic mass is 16.5. The standard InChI is InChI=1S/C14H16N2O3/c1-10-3-5-11(6-4-10)12(9-15)16-13(17)7-8-14(18)19-2/h3-6,12H,7-8H2,1-2H3,(H,16,17). The van der Waals surface area contributed by atoms with E-state index in [-0.39, 0.29) is 18.7 Å². The zero-order chi connectivity index (χ0) is 14.3. The molecule has 1 aromatic rings. The molecule has 1 N–H and O–H groups in total. The van der Waals surface area contributed by atoms with Crippen LogP contribution in [-0.4, -0.2) is 19.0 Å². The number of carbonyl (C=O) groups is 2. The van der Waals surface area contributed by atoms with Gasteiger partial charge in [0.25, 0.3) is 0 Å². The van der Waals surface area contributed by atoms with Crippen molar-refractivity contribution in [2.75, 3.05) is 7.11 Å². The highest BCUT2D eigenvalue weighted by Gasteiger charge is 2.14. The Morgan fingerprint density at radius 1 is 1.32 bits per heavy atom. The molecule has 1 aromatic carbocycles. The van der Waals surface area contributed by atoms with Crippen molar-refractivity contribution >= 4 is 11.9 Å². The van der Waals surface area contributed by atoms with Crippen molar-refractivity contribution in [3.05, 3.63) is 35.4 Å². The molecule has 0 fully saturated rings. The molecule has 0 heterocycles. The summed E-state index contributed by atoms with van der Waals surface area (Å²) < 4.78 is 4.45. The Kier molecular flexibility index (Phi) is 5.55. The van der Waals surface area contributed by atoms with Gasteiger partial charge in [-0.3, -0.25) is 9.59 Å². The van der Waals surface area contributed by atoms with Crippen LogP contribution in [0.3, 0.4) is 0 Å². The Balaban J connectivity index is 2.58. The number of nitrogens with zero attached hydrogens (tertiary/aromatic N) is 1. The molecule has 0 bridgehead atoms. The van der Waals surface area contributed by atoms with Crippen LogP contribution in [0.5, 0.6) is 0 Å². The van der Waals surface area contributed by atoms with Crippen molar-refractivity contribution in [1.82, 2.24) is 5.32 Å². The van der Waals surface area contributed by atoms with Gasteiger partial charge in [-0.25, -0.2) is 0 Å². The van der Waals surface area contributed by atoms with Crippen LogP contribution >= 0.6 is 0 Å². The Morgan fingerprint density at radius 2 is 1.95 bits per heavy atom. The molecule has 1 unspecified atom stereocenters. The third-order valence-electron chi connectivity index (χ3n) is 2.63. The van der Waals surface area contributed by atoms with Crippen LogP contribution in [0.4, 0.5) is 0 Å². The summed E-state index contributed by atoms with van der Waals surface area (Å²) in [5.74, 6) is -0.795. The first kappa shape index (κ1) is 14.7. The average molecular weight is 260 g/mol. The number of nitrogens with one attached hydrogen (secondary N) is 1. The van der Waals surface area contributed by atoms with Crippen molar-refractivity contribution in [2.45, 2.75) is 25.8 Å². The summed E-state index contributed by atoms with van der Waals surface area (Å²) >= 11 is 0. The summed E-state index contributed by atoms with van der Waals surface area (Å²) in [6, 6.07) is 8.66. The summed E-state index contributed by atoms with van der Waals surface area (Å²) in [6.45, 7) is 1.94. The number of hydrogen-bond donors (Lipinski definition) is 1. The van der Waals surface area contributed by atoms with Gasteiger partial charge in [0.1, 0.15) is 6.04 Å². The van der Waals surface area contributed by atoms with Crippen molar-refractivity contribution in [2.24, 2.45) is 0 Å². The predicted octanol–water partition coefficient (Wildman–Crippen LogP) is 1.63. The Hall–Kier alpha value is -2.35. The van der Waals surface area contributed by atoms with Gasteiger partial charge in [0.15, 0.2) is 0 Å². The first-order valence-corrected chi connectivity index (χ1v) is 5.89. The number of carbonyl (C=O) groups excluding carboxylic acids is 2. The molecule has 0 saturated carbocycles. The van der Waals surface area contributed by atoms with Crippen LogP contribution in [0.2, 0.25) is 0 Å². The van der Waals surface area contributed by atoms with E-state index in [9.17, 15) is 9.59 Å². The fourth-order valence-corrected chi connectivity index (χ4v) is 1.50. The smallest absolute Gasteiger partial charge is 0.306 e. The normalized spacial score (nSPS) is 11.2. The summed E-state index contributed by atoms with van der Waals surface area (Å²) in [5.41, 5.74) is 1.80. The largest absolute Gasteiger partial charge is 0.469 e. The van der Waals surface area contributed by atoms with Crippen LogP contribution < -0.4 is 5.32 Å². The fourth-order valence-electron chi connectivity index (χ4n) is 1.50. The second-order valence-corrected chi connectivity index (χ2v) is 4.12. The van der Waals surface area contributed by atoms with E-state index in [2.05, 4.69) is 10.1 Å². The van der Waals surface area contributed by atoms with Crippen LogP contribution in [0, 0.1) is 18.3 Å². The SMILES string of the molecule is COC(=O)CCC(=O)NC(C#N)c1ccc(C)cc1. The Labute approximate surface area is 112 Å². The fraction of sp³-hybridized carbons (Fsp3) is 0.357. The van der Waals surface area contributed by atoms with E-state index < -0.39 is 12.0 Å². The van der Waals surface area contributed by atoms with Gasteiger partial charge in [-0.15, -0.1) is 0 Å². The molecule has 100 valence electrons.